The van der Waals surface area contributed by atoms with Crippen LogP contribution in [0.4, 0.5) is 4.39 Å². The van der Waals surface area contributed by atoms with Gasteiger partial charge in [-0.05, 0) is 25.2 Å². The number of rotatable bonds is 6. The molecule has 1 atom stereocenters. The average molecular weight is 441 g/mol. The van der Waals surface area contributed by atoms with E-state index in [-0.39, 0.29) is 24.3 Å². The van der Waals surface area contributed by atoms with E-state index in [1.54, 1.807) is 38.5 Å². The van der Waals surface area contributed by atoms with E-state index in [0.717, 1.165) is 31.7 Å². The summed E-state index contributed by atoms with van der Waals surface area (Å²) in [5, 5.41) is 6.12. The predicted octanol–water partition coefficient (Wildman–Crippen LogP) is 2.77. The predicted molar refractivity (Wildman–Crippen MR) is 121 cm³/mol. The molecule has 2 heterocycles. The molecule has 2 aliphatic heterocycles. The van der Waals surface area contributed by atoms with Gasteiger partial charge in [-0.2, -0.15) is 5.10 Å². The summed E-state index contributed by atoms with van der Waals surface area (Å²) < 4.78 is 25.4. The zero-order valence-electron chi connectivity index (χ0n) is 18.8. The number of piperazine rings is 1. The van der Waals surface area contributed by atoms with Crippen molar-refractivity contribution in [1.82, 2.24) is 14.8 Å². The number of amides is 1. The fourth-order valence-electron chi connectivity index (χ4n) is 4.20. The van der Waals surface area contributed by atoms with Crippen molar-refractivity contribution in [3.63, 3.8) is 0 Å². The van der Waals surface area contributed by atoms with Crippen LogP contribution in [0.2, 0.25) is 0 Å². The lowest BCUT2D eigenvalue weighted by Crippen LogP contribution is -2.48. The molecule has 0 spiro atoms. The van der Waals surface area contributed by atoms with Crippen molar-refractivity contribution in [3.8, 4) is 11.5 Å². The van der Waals surface area contributed by atoms with E-state index in [2.05, 4.69) is 21.9 Å². The van der Waals surface area contributed by atoms with Crippen molar-refractivity contribution in [2.45, 2.75) is 12.5 Å². The highest BCUT2D eigenvalue weighted by Crippen LogP contribution is 2.39. The van der Waals surface area contributed by atoms with Crippen LogP contribution in [0.1, 0.15) is 23.6 Å². The molecule has 0 saturated carbocycles. The molecule has 4 rings (SSSR count). The minimum atomic E-state index is -0.384. The number of methoxy groups -OCH3 is 2. The van der Waals surface area contributed by atoms with Crippen molar-refractivity contribution >= 4 is 11.6 Å². The van der Waals surface area contributed by atoms with E-state index < -0.39 is 0 Å². The smallest absolute Gasteiger partial charge is 0.257 e. The topological polar surface area (TPSA) is 57.6 Å². The second-order valence-electron chi connectivity index (χ2n) is 8.17. The van der Waals surface area contributed by atoms with Gasteiger partial charge in [-0.25, -0.2) is 9.40 Å². The molecule has 1 amide bonds. The van der Waals surface area contributed by atoms with Gasteiger partial charge in [0.05, 0.1) is 32.5 Å². The first-order chi connectivity index (χ1) is 15.5. The zero-order chi connectivity index (χ0) is 22.7. The van der Waals surface area contributed by atoms with Gasteiger partial charge in [0, 0.05) is 49.8 Å². The number of carbonyl (C=O) groups excluding carboxylic acids is 1. The highest BCUT2D eigenvalue weighted by atomic mass is 19.1. The molecule has 1 saturated heterocycles. The highest BCUT2D eigenvalue weighted by Gasteiger charge is 2.36. The molecule has 0 aromatic heterocycles. The van der Waals surface area contributed by atoms with E-state index in [1.165, 1.54) is 11.1 Å². The summed E-state index contributed by atoms with van der Waals surface area (Å²) >= 11 is 0. The summed E-state index contributed by atoms with van der Waals surface area (Å²) in [5.74, 6) is 0.815. The molecular weight excluding hydrogens is 411 g/mol. The SMILES string of the molecule is COc1ccc([C@H]2CC(c3ccccc3F)=NN2C(=O)CN2CCN(C)CC2)c(OC)c1. The Balaban J connectivity index is 1.65. The maximum absolute atomic E-state index is 14.5. The third kappa shape index (κ3) is 4.61. The number of halogens is 1. The molecule has 0 unspecified atom stereocenters. The number of hydrogen-bond donors (Lipinski definition) is 0. The normalized spacial score (nSPS) is 19.7. The minimum absolute atomic E-state index is 0.108. The van der Waals surface area contributed by atoms with Crippen molar-refractivity contribution in [2.24, 2.45) is 5.10 Å². The van der Waals surface area contributed by atoms with Crippen LogP contribution in [0.3, 0.4) is 0 Å². The second kappa shape index (κ2) is 9.67. The second-order valence-corrected chi connectivity index (χ2v) is 8.17. The molecule has 7 nitrogen and oxygen atoms in total. The van der Waals surface area contributed by atoms with Crippen LogP contribution >= 0.6 is 0 Å². The molecule has 0 bridgehead atoms. The third-order valence-electron chi connectivity index (χ3n) is 6.11. The molecule has 32 heavy (non-hydrogen) atoms. The first-order valence-corrected chi connectivity index (χ1v) is 10.8. The van der Waals surface area contributed by atoms with Gasteiger partial charge in [0.2, 0.25) is 0 Å². The van der Waals surface area contributed by atoms with Crippen molar-refractivity contribution < 1.29 is 18.7 Å². The quantitative estimate of drug-likeness (QED) is 0.692. The number of nitrogens with zero attached hydrogens (tertiary/aromatic N) is 4. The first kappa shape index (κ1) is 22.2. The van der Waals surface area contributed by atoms with Crippen molar-refractivity contribution in [3.05, 3.63) is 59.4 Å². The first-order valence-electron chi connectivity index (χ1n) is 10.8. The van der Waals surface area contributed by atoms with Gasteiger partial charge < -0.3 is 14.4 Å². The van der Waals surface area contributed by atoms with Gasteiger partial charge in [-0.1, -0.05) is 18.2 Å². The molecular formula is C24H29FN4O3. The summed E-state index contributed by atoms with van der Waals surface area (Å²) in [6.45, 7) is 3.78. The molecule has 0 N–H and O–H groups in total. The zero-order valence-corrected chi connectivity index (χ0v) is 18.8. The van der Waals surface area contributed by atoms with Gasteiger partial charge in [0.25, 0.3) is 5.91 Å². The van der Waals surface area contributed by atoms with Crippen molar-refractivity contribution in [2.75, 3.05) is 54.0 Å². The standard InChI is InChI=1S/C24H29FN4O3/c1-27-10-12-28(13-11-27)16-24(30)29-22(19-9-8-17(31-2)14-23(19)32-3)15-21(26-29)18-6-4-5-7-20(18)25/h4-9,14,22H,10-13,15-16H2,1-3H3/t22-/m1/s1. The highest BCUT2D eigenvalue weighted by molar-refractivity contribution is 6.03. The van der Waals surface area contributed by atoms with Crippen LogP contribution in [0.5, 0.6) is 11.5 Å². The Morgan fingerprint density at radius 2 is 1.84 bits per heavy atom. The lowest BCUT2D eigenvalue weighted by molar-refractivity contribution is -0.134. The van der Waals surface area contributed by atoms with Crippen LogP contribution < -0.4 is 9.47 Å². The van der Waals surface area contributed by atoms with Gasteiger partial charge in [-0.3, -0.25) is 9.69 Å². The number of ether oxygens (including phenoxy) is 2. The van der Waals surface area contributed by atoms with Crippen LogP contribution in [0.15, 0.2) is 47.6 Å². The summed E-state index contributed by atoms with van der Waals surface area (Å²) in [6.07, 6.45) is 0.401. The summed E-state index contributed by atoms with van der Waals surface area (Å²) in [7, 11) is 5.26. The number of benzene rings is 2. The average Bonchev–Trinajstić information content (AvgIpc) is 3.25. The Hall–Kier alpha value is -2.97. The molecule has 2 aliphatic rings. The number of likely N-dealkylation sites (N-methyl/N-ethyl adjacent to an activating group) is 1. The summed E-state index contributed by atoms with van der Waals surface area (Å²) in [4.78, 5) is 17.8. The number of hydrazone groups is 1. The Morgan fingerprint density at radius 1 is 1.09 bits per heavy atom. The van der Waals surface area contributed by atoms with E-state index in [4.69, 9.17) is 9.47 Å². The molecule has 2 aromatic rings. The lowest BCUT2D eigenvalue weighted by Gasteiger charge is -2.33. The van der Waals surface area contributed by atoms with E-state index in [0.29, 0.717) is 29.2 Å². The van der Waals surface area contributed by atoms with Crippen LogP contribution in [0, 0.1) is 5.82 Å². The molecule has 2 aromatic carbocycles. The largest absolute Gasteiger partial charge is 0.497 e. The minimum Gasteiger partial charge on any atom is -0.497 e. The molecule has 8 heteroatoms. The van der Waals surface area contributed by atoms with Gasteiger partial charge in [-0.15, -0.1) is 0 Å². The van der Waals surface area contributed by atoms with Crippen LogP contribution in [-0.4, -0.2) is 80.4 Å². The Bertz CT molecular complexity index is 1000. The fourth-order valence-corrected chi connectivity index (χ4v) is 4.20. The maximum atomic E-state index is 14.5. The Kier molecular flexibility index (Phi) is 6.72. The summed E-state index contributed by atoms with van der Waals surface area (Å²) in [6, 6.07) is 11.7. The number of carbonyl (C=O) groups is 1. The lowest BCUT2D eigenvalue weighted by atomic mass is 9.97. The van der Waals surface area contributed by atoms with Gasteiger partial charge in [0.15, 0.2) is 0 Å². The molecule has 0 radical (unpaired) electrons. The maximum Gasteiger partial charge on any atom is 0.257 e. The Labute approximate surface area is 188 Å². The molecule has 170 valence electrons. The van der Waals surface area contributed by atoms with Crippen LogP contribution in [-0.2, 0) is 4.79 Å². The fraction of sp³-hybridized carbons (Fsp3) is 0.417. The van der Waals surface area contributed by atoms with E-state index >= 15 is 0 Å². The van der Waals surface area contributed by atoms with Gasteiger partial charge in [0.1, 0.15) is 17.3 Å². The monoisotopic (exact) mass is 440 g/mol. The van der Waals surface area contributed by atoms with Crippen LogP contribution in [0.25, 0.3) is 0 Å². The van der Waals surface area contributed by atoms with E-state index in [1.807, 2.05) is 12.1 Å². The van der Waals surface area contributed by atoms with Gasteiger partial charge >= 0.3 is 0 Å². The van der Waals surface area contributed by atoms with Crippen molar-refractivity contribution in [1.29, 1.82) is 0 Å². The van der Waals surface area contributed by atoms with E-state index in [9.17, 15) is 9.18 Å². The third-order valence-corrected chi connectivity index (χ3v) is 6.11. The molecule has 0 aliphatic carbocycles. The summed E-state index contributed by atoms with van der Waals surface area (Å²) in [5.41, 5.74) is 1.78. The Morgan fingerprint density at radius 3 is 2.53 bits per heavy atom. The number of hydrogen-bond acceptors (Lipinski definition) is 6. The molecule has 1 fully saturated rings.